The molecule has 2 heterocycles. The van der Waals surface area contributed by atoms with Crippen molar-refractivity contribution < 1.29 is 9.59 Å². The van der Waals surface area contributed by atoms with E-state index < -0.39 is 5.41 Å². The first-order valence-corrected chi connectivity index (χ1v) is 7.48. The molecule has 1 aliphatic carbocycles. The van der Waals surface area contributed by atoms with Crippen LogP contribution in [-0.4, -0.2) is 21.8 Å². The summed E-state index contributed by atoms with van der Waals surface area (Å²) in [7, 11) is 0. The van der Waals surface area contributed by atoms with Crippen LogP contribution < -0.4 is 10.6 Å². The zero-order chi connectivity index (χ0) is 16.4. The number of rotatable bonds is 4. The first kappa shape index (κ1) is 15.1. The van der Waals surface area contributed by atoms with Crippen LogP contribution >= 0.6 is 0 Å². The molecule has 0 unspecified atom stereocenters. The number of hydrogen-bond donors (Lipinski definition) is 2. The van der Waals surface area contributed by atoms with Crippen molar-refractivity contribution >= 4 is 23.2 Å². The Kier molecular flexibility index (Phi) is 3.82. The van der Waals surface area contributed by atoms with Crippen LogP contribution in [0.1, 0.15) is 24.2 Å². The normalized spacial score (nSPS) is 14.9. The molecule has 0 spiro atoms. The Morgan fingerprint density at radius 3 is 1.61 bits per heavy atom. The monoisotopic (exact) mass is 310 g/mol. The summed E-state index contributed by atoms with van der Waals surface area (Å²) < 4.78 is 0. The fraction of sp³-hybridized carbons (Fsp3) is 0.294. The molecule has 0 atom stereocenters. The van der Waals surface area contributed by atoms with Crippen molar-refractivity contribution in [1.29, 1.82) is 0 Å². The number of aromatic nitrogens is 2. The first-order chi connectivity index (χ1) is 11.0. The highest BCUT2D eigenvalue weighted by Crippen LogP contribution is 2.47. The van der Waals surface area contributed by atoms with Crippen LogP contribution in [0, 0.1) is 19.3 Å². The molecule has 23 heavy (non-hydrogen) atoms. The second kappa shape index (κ2) is 5.79. The minimum absolute atomic E-state index is 0.291. The molecule has 1 fully saturated rings. The van der Waals surface area contributed by atoms with Crippen molar-refractivity contribution in [3.05, 3.63) is 48.0 Å². The van der Waals surface area contributed by atoms with Gasteiger partial charge in [-0.1, -0.05) is 0 Å². The lowest BCUT2D eigenvalue weighted by Gasteiger charge is -2.15. The molecule has 0 aromatic carbocycles. The maximum absolute atomic E-state index is 12.5. The molecule has 0 bridgehead atoms. The molecular weight excluding hydrogens is 292 g/mol. The highest BCUT2D eigenvalue weighted by Gasteiger charge is 2.56. The number of carbonyl (C=O) groups excluding carboxylic acids is 2. The molecule has 118 valence electrons. The van der Waals surface area contributed by atoms with Gasteiger partial charge in [-0.25, -0.2) is 0 Å². The van der Waals surface area contributed by atoms with Crippen LogP contribution in [-0.2, 0) is 9.59 Å². The van der Waals surface area contributed by atoms with Crippen LogP contribution in [0.2, 0.25) is 0 Å². The number of nitrogens with zero attached hydrogens (tertiary/aromatic N) is 2. The number of nitrogens with one attached hydrogen (secondary N) is 2. The van der Waals surface area contributed by atoms with Crippen LogP contribution in [0.3, 0.4) is 0 Å². The van der Waals surface area contributed by atoms with Gasteiger partial charge < -0.3 is 10.6 Å². The minimum Gasteiger partial charge on any atom is -0.324 e. The zero-order valence-corrected chi connectivity index (χ0v) is 13.1. The first-order valence-electron chi connectivity index (χ1n) is 7.48. The Hall–Kier alpha value is -2.76. The number of amides is 2. The van der Waals surface area contributed by atoms with E-state index in [-0.39, 0.29) is 11.8 Å². The molecule has 2 N–H and O–H groups in total. The third-order valence-corrected chi connectivity index (χ3v) is 3.96. The van der Waals surface area contributed by atoms with Gasteiger partial charge in [0.15, 0.2) is 0 Å². The standard InChI is InChI=1S/C17H18N4O2/c1-11-3-5-13(9-18-11)20-15(22)17(7-8-17)16(23)21-14-6-4-12(2)19-10-14/h3-6,9-10H,7-8H2,1-2H3,(H,20,22)(H,21,23). The van der Waals surface area contributed by atoms with E-state index in [9.17, 15) is 9.59 Å². The molecule has 0 aliphatic heterocycles. The van der Waals surface area contributed by atoms with Crippen molar-refractivity contribution in [2.45, 2.75) is 26.7 Å². The number of anilines is 2. The molecule has 1 aliphatic rings. The number of aryl methyl sites for hydroxylation is 2. The van der Waals surface area contributed by atoms with Gasteiger partial charge in [0, 0.05) is 11.4 Å². The third-order valence-electron chi connectivity index (χ3n) is 3.96. The Morgan fingerprint density at radius 1 is 0.870 bits per heavy atom. The lowest BCUT2D eigenvalue weighted by Crippen LogP contribution is -2.35. The average molecular weight is 310 g/mol. The van der Waals surface area contributed by atoms with Gasteiger partial charge in [0.05, 0.1) is 23.8 Å². The molecule has 2 amide bonds. The van der Waals surface area contributed by atoms with E-state index in [0.29, 0.717) is 24.2 Å². The van der Waals surface area contributed by atoms with Gasteiger partial charge in [0.25, 0.3) is 0 Å². The molecule has 0 radical (unpaired) electrons. The van der Waals surface area contributed by atoms with E-state index in [0.717, 1.165) is 11.4 Å². The Labute approximate surface area is 134 Å². The Balaban J connectivity index is 1.68. The molecular formula is C17H18N4O2. The lowest BCUT2D eigenvalue weighted by molar-refractivity contribution is -0.131. The zero-order valence-electron chi connectivity index (χ0n) is 13.1. The second-order valence-corrected chi connectivity index (χ2v) is 5.87. The summed E-state index contributed by atoms with van der Waals surface area (Å²) in [6.07, 6.45) is 4.27. The predicted octanol–water partition coefficient (Wildman–Crippen LogP) is 2.45. The van der Waals surface area contributed by atoms with Gasteiger partial charge in [-0.05, 0) is 51.0 Å². The maximum atomic E-state index is 12.5. The summed E-state index contributed by atoms with van der Waals surface area (Å²) in [6.45, 7) is 3.74. The van der Waals surface area contributed by atoms with Gasteiger partial charge >= 0.3 is 0 Å². The topological polar surface area (TPSA) is 84.0 Å². The van der Waals surface area contributed by atoms with Gasteiger partial charge in [0.2, 0.25) is 11.8 Å². The summed E-state index contributed by atoms with van der Waals surface area (Å²) in [5.41, 5.74) is 1.94. The van der Waals surface area contributed by atoms with E-state index in [4.69, 9.17) is 0 Å². The molecule has 1 saturated carbocycles. The third kappa shape index (κ3) is 3.21. The highest BCUT2D eigenvalue weighted by atomic mass is 16.2. The maximum Gasteiger partial charge on any atom is 0.240 e. The molecule has 6 heteroatoms. The quantitative estimate of drug-likeness (QED) is 0.850. The summed E-state index contributed by atoms with van der Waals surface area (Å²) in [5.74, 6) is -0.582. The summed E-state index contributed by atoms with van der Waals surface area (Å²) in [4.78, 5) is 33.2. The Morgan fingerprint density at radius 2 is 1.30 bits per heavy atom. The van der Waals surface area contributed by atoms with E-state index >= 15 is 0 Å². The van der Waals surface area contributed by atoms with Crippen LogP contribution in [0.4, 0.5) is 11.4 Å². The molecule has 0 saturated heterocycles. The van der Waals surface area contributed by atoms with Crippen LogP contribution in [0.15, 0.2) is 36.7 Å². The summed E-state index contributed by atoms with van der Waals surface area (Å²) in [6, 6.07) is 7.18. The minimum atomic E-state index is -0.990. The van der Waals surface area contributed by atoms with E-state index in [2.05, 4.69) is 20.6 Å². The lowest BCUT2D eigenvalue weighted by atomic mass is 10.0. The van der Waals surface area contributed by atoms with Crippen molar-refractivity contribution in [2.24, 2.45) is 5.41 Å². The number of pyridine rings is 2. The van der Waals surface area contributed by atoms with E-state index in [1.165, 1.54) is 0 Å². The van der Waals surface area contributed by atoms with Gasteiger partial charge in [-0.2, -0.15) is 0 Å². The van der Waals surface area contributed by atoms with Gasteiger partial charge in [0.1, 0.15) is 5.41 Å². The number of hydrogen-bond acceptors (Lipinski definition) is 4. The van der Waals surface area contributed by atoms with Gasteiger partial charge in [-0.15, -0.1) is 0 Å². The van der Waals surface area contributed by atoms with E-state index in [1.54, 1.807) is 24.5 Å². The van der Waals surface area contributed by atoms with Crippen molar-refractivity contribution in [2.75, 3.05) is 10.6 Å². The molecule has 2 aromatic heterocycles. The molecule has 3 rings (SSSR count). The van der Waals surface area contributed by atoms with Crippen molar-refractivity contribution in [3.8, 4) is 0 Å². The van der Waals surface area contributed by atoms with Crippen molar-refractivity contribution in [1.82, 2.24) is 9.97 Å². The molecule has 6 nitrogen and oxygen atoms in total. The predicted molar refractivity (Wildman–Crippen MR) is 86.9 cm³/mol. The Bertz CT molecular complexity index is 673. The second-order valence-electron chi connectivity index (χ2n) is 5.87. The van der Waals surface area contributed by atoms with Crippen molar-refractivity contribution in [3.63, 3.8) is 0 Å². The van der Waals surface area contributed by atoms with E-state index in [1.807, 2.05) is 26.0 Å². The summed E-state index contributed by atoms with van der Waals surface area (Å²) in [5, 5.41) is 5.54. The van der Waals surface area contributed by atoms with Gasteiger partial charge in [-0.3, -0.25) is 19.6 Å². The molecule has 2 aromatic rings. The summed E-state index contributed by atoms with van der Waals surface area (Å²) >= 11 is 0. The SMILES string of the molecule is Cc1ccc(NC(=O)C2(C(=O)Nc3ccc(C)nc3)CC2)cn1. The largest absolute Gasteiger partial charge is 0.324 e. The smallest absolute Gasteiger partial charge is 0.240 e. The van der Waals surface area contributed by atoms with Crippen LogP contribution in [0.25, 0.3) is 0 Å². The average Bonchev–Trinajstić information content (AvgIpc) is 3.34. The van der Waals surface area contributed by atoms with Crippen LogP contribution in [0.5, 0.6) is 0 Å². The fourth-order valence-electron chi connectivity index (χ4n) is 2.27. The fourth-order valence-corrected chi connectivity index (χ4v) is 2.27. The number of carbonyl (C=O) groups is 2. The highest BCUT2D eigenvalue weighted by molar-refractivity contribution is 6.16.